The number of hydrogen-bond acceptors (Lipinski definition) is 3. The van der Waals surface area contributed by atoms with Gasteiger partial charge in [-0.2, -0.15) is 0 Å². The quantitative estimate of drug-likeness (QED) is 0.596. The van der Waals surface area contributed by atoms with Crippen molar-refractivity contribution < 1.29 is 9.53 Å². The molecule has 0 saturated carbocycles. The highest BCUT2D eigenvalue weighted by atomic mass is 79.9. The Morgan fingerprint density at radius 2 is 2.25 bits per heavy atom. The van der Waals surface area contributed by atoms with Gasteiger partial charge in [0, 0.05) is 16.9 Å². The van der Waals surface area contributed by atoms with E-state index >= 15 is 0 Å². The van der Waals surface area contributed by atoms with Crippen LogP contribution in [-0.4, -0.2) is 24.0 Å². The van der Waals surface area contributed by atoms with Crippen LogP contribution in [0.3, 0.4) is 0 Å². The molecule has 0 N–H and O–H groups in total. The van der Waals surface area contributed by atoms with Crippen molar-refractivity contribution in [2.75, 3.05) is 18.2 Å². The van der Waals surface area contributed by atoms with E-state index in [1.165, 1.54) is 0 Å². The zero-order valence-electron chi connectivity index (χ0n) is 9.46. The van der Waals surface area contributed by atoms with E-state index in [2.05, 4.69) is 15.9 Å². The first-order chi connectivity index (χ1) is 7.72. The van der Waals surface area contributed by atoms with E-state index < -0.39 is 0 Å². The third-order valence-electron chi connectivity index (χ3n) is 2.11. The van der Waals surface area contributed by atoms with Crippen molar-refractivity contribution >= 4 is 33.5 Å². The fraction of sp³-hybridized carbons (Fsp3) is 0.417. The molecule has 0 aliphatic carbocycles. The Kier molecular flexibility index (Phi) is 5.91. The lowest BCUT2D eigenvalue weighted by atomic mass is 10.1. The predicted molar refractivity (Wildman–Crippen MR) is 71.9 cm³/mol. The lowest BCUT2D eigenvalue weighted by Crippen LogP contribution is -2.06. The largest absolute Gasteiger partial charge is 0.492 e. The number of hydrogen-bond donors (Lipinski definition) is 0. The third-order valence-corrected chi connectivity index (χ3v) is 3.49. The predicted octanol–water partition coefficient (Wildman–Crippen LogP) is 3.31. The molecular weight excluding hydrogens is 288 g/mol. The number of carbonyl (C=O) groups excluding carboxylic acids is 1. The highest BCUT2D eigenvalue weighted by Gasteiger charge is 2.11. The highest BCUT2D eigenvalue weighted by molar-refractivity contribution is 9.09. The summed E-state index contributed by atoms with van der Waals surface area (Å²) in [6, 6.07) is 5.92. The maximum atomic E-state index is 11.4. The minimum absolute atomic E-state index is 0.166. The van der Waals surface area contributed by atoms with E-state index in [0.29, 0.717) is 18.4 Å². The van der Waals surface area contributed by atoms with Gasteiger partial charge in [-0.15, -0.1) is 11.8 Å². The molecule has 0 atom stereocenters. The van der Waals surface area contributed by atoms with Crippen LogP contribution >= 0.6 is 27.7 Å². The topological polar surface area (TPSA) is 26.3 Å². The fourth-order valence-corrected chi connectivity index (χ4v) is 2.22. The summed E-state index contributed by atoms with van der Waals surface area (Å²) in [6.45, 7) is 2.57. The van der Waals surface area contributed by atoms with E-state index in [-0.39, 0.29) is 5.78 Å². The number of alkyl halides is 1. The molecule has 0 unspecified atom stereocenters. The zero-order chi connectivity index (χ0) is 12.0. The van der Waals surface area contributed by atoms with E-state index in [4.69, 9.17) is 4.74 Å². The number of thioether (sulfide) groups is 1. The smallest absolute Gasteiger partial charge is 0.147 e. The summed E-state index contributed by atoms with van der Waals surface area (Å²) in [4.78, 5) is 12.5. The van der Waals surface area contributed by atoms with Gasteiger partial charge in [-0.3, -0.25) is 4.79 Å². The Balaban J connectivity index is 3.01. The molecule has 2 nitrogen and oxygen atoms in total. The Morgan fingerprint density at radius 1 is 1.50 bits per heavy atom. The Hall–Kier alpha value is -0.480. The van der Waals surface area contributed by atoms with Gasteiger partial charge < -0.3 is 4.74 Å². The monoisotopic (exact) mass is 302 g/mol. The Morgan fingerprint density at radius 3 is 2.81 bits per heavy atom. The molecule has 0 bridgehead atoms. The van der Waals surface area contributed by atoms with Crippen molar-refractivity contribution in [3.8, 4) is 5.75 Å². The van der Waals surface area contributed by atoms with Gasteiger partial charge >= 0.3 is 0 Å². The maximum Gasteiger partial charge on any atom is 0.147 e. The minimum Gasteiger partial charge on any atom is -0.492 e. The second-order valence-corrected chi connectivity index (χ2v) is 4.64. The SMILES string of the molecule is CCOc1c(CC(=O)CBr)cccc1SC. The molecule has 1 aromatic carbocycles. The van der Waals surface area contributed by atoms with E-state index in [1.807, 2.05) is 31.4 Å². The first kappa shape index (κ1) is 13.6. The van der Waals surface area contributed by atoms with Crippen molar-refractivity contribution in [3.63, 3.8) is 0 Å². The lowest BCUT2D eigenvalue weighted by Gasteiger charge is -2.12. The molecule has 0 saturated heterocycles. The second kappa shape index (κ2) is 6.97. The van der Waals surface area contributed by atoms with Gasteiger partial charge in [0.05, 0.1) is 11.9 Å². The summed E-state index contributed by atoms with van der Waals surface area (Å²) in [5.41, 5.74) is 0.971. The van der Waals surface area contributed by atoms with Crippen LogP contribution in [0.1, 0.15) is 12.5 Å². The number of para-hydroxylation sites is 1. The summed E-state index contributed by atoms with van der Waals surface area (Å²) in [5, 5.41) is 0.391. The molecule has 0 radical (unpaired) electrons. The van der Waals surface area contributed by atoms with Gasteiger partial charge in [0.25, 0.3) is 0 Å². The Labute approximate surface area is 109 Å². The van der Waals surface area contributed by atoms with Crippen LogP contribution in [0.2, 0.25) is 0 Å². The van der Waals surface area contributed by atoms with Crippen molar-refractivity contribution in [3.05, 3.63) is 23.8 Å². The van der Waals surface area contributed by atoms with Crippen LogP contribution in [0.25, 0.3) is 0 Å². The summed E-state index contributed by atoms with van der Waals surface area (Å²) in [7, 11) is 0. The summed E-state index contributed by atoms with van der Waals surface area (Å²) < 4.78 is 5.62. The van der Waals surface area contributed by atoms with Crippen molar-refractivity contribution in [1.29, 1.82) is 0 Å². The van der Waals surface area contributed by atoms with Gasteiger partial charge in [-0.25, -0.2) is 0 Å². The Bertz CT molecular complexity index is 366. The first-order valence-corrected chi connectivity index (χ1v) is 7.43. The van der Waals surface area contributed by atoms with Gasteiger partial charge in [-0.1, -0.05) is 28.1 Å². The van der Waals surface area contributed by atoms with Crippen molar-refractivity contribution in [1.82, 2.24) is 0 Å². The normalized spacial score (nSPS) is 10.2. The van der Waals surface area contributed by atoms with Crippen LogP contribution in [0.5, 0.6) is 5.75 Å². The number of Topliss-reactive ketones (excluding diaryl/α,β-unsaturated/α-hetero) is 1. The number of halogens is 1. The zero-order valence-corrected chi connectivity index (χ0v) is 11.9. The molecule has 16 heavy (non-hydrogen) atoms. The molecule has 0 spiro atoms. The maximum absolute atomic E-state index is 11.4. The lowest BCUT2D eigenvalue weighted by molar-refractivity contribution is -0.115. The molecule has 0 fully saturated rings. The van der Waals surface area contributed by atoms with Gasteiger partial charge in [0.15, 0.2) is 0 Å². The number of benzene rings is 1. The van der Waals surface area contributed by atoms with E-state index in [1.54, 1.807) is 11.8 Å². The van der Waals surface area contributed by atoms with E-state index in [0.717, 1.165) is 16.2 Å². The number of rotatable bonds is 6. The first-order valence-electron chi connectivity index (χ1n) is 5.09. The molecule has 0 aromatic heterocycles. The van der Waals surface area contributed by atoms with Crippen LogP contribution in [0.4, 0.5) is 0 Å². The number of ketones is 1. The molecule has 0 heterocycles. The van der Waals surface area contributed by atoms with Crippen LogP contribution in [0.15, 0.2) is 23.1 Å². The average Bonchev–Trinajstić information content (AvgIpc) is 2.31. The summed E-state index contributed by atoms with van der Waals surface area (Å²) >= 11 is 4.81. The third kappa shape index (κ3) is 3.52. The molecule has 0 aliphatic heterocycles. The minimum atomic E-state index is 0.166. The summed E-state index contributed by atoms with van der Waals surface area (Å²) in [5.74, 6) is 1.02. The number of carbonyl (C=O) groups is 1. The van der Waals surface area contributed by atoms with Gasteiger partial charge in [0.1, 0.15) is 11.5 Å². The van der Waals surface area contributed by atoms with Crippen LogP contribution in [0, 0.1) is 0 Å². The molecule has 0 aliphatic rings. The highest BCUT2D eigenvalue weighted by Crippen LogP contribution is 2.31. The fourth-order valence-electron chi connectivity index (χ4n) is 1.43. The van der Waals surface area contributed by atoms with E-state index in [9.17, 15) is 4.79 Å². The van der Waals surface area contributed by atoms with Crippen LogP contribution in [-0.2, 0) is 11.2 Å². The second-order valence-electron chi connectivity index (χ2n) is 3.23. The van der Waals surface area contributed by atoms with Crippen molar-refractivity contribution in [2.24, 2.45) is 0 Å². The molecule has 1 aromatic rings. The average molecular weight is 303 g/mol. The van der Waals surface area contributed by atoms with Crippen LogP contribution < -0.4 is 4.74 Å². The molecule has 4 heteroatoms. The standard InChI is InChI=1S/C12H15BrO2S/c1-3-15-12-9(7-10(14)8-13)5-4-6-11(12)16-2/h4-6H,3,7-8H2,1-2H3. The summed E-state index contributed by atoms with van der Waals surface area (Å²) in [6.07, 6.45) is 2.43. The molecule has 88 valence electrons. The molecule has 1 rings (SSSR count). The number of ether oxygens (including phenoxy) is 1. The van der Waals surface area contributed by atoms with Gasteiger partial charge in [-0.05, 0) is 19.2 Å². The van der Waals surface area contributed by atoms with Crippen molar-refractivity contribution in [2.45, 2.75) is 18.2 Å². The molecular formula is C12H15BrO2S. The van der Waals surface area contributed by atoms with Gasteiger partial charge in [0.2, 0.25) is 0 Å². The molecule has 0 amide bonds.